The maximum atomic E-state index is 6.23. The topological polar surface area (TPSA) is 43.8 Å². The predicted molar refractivity (Wildman–Crippen MR) is 74.8 cm³/mol. The number of benzene rings is 1. The highest BCUT2D eigenvalue weighted by Gasteiger charge is 2.21. The van der Waals surface area contributed by atoms with Gasteiger partial charge in [0.25, 0.3) is 0 Å². The first-order chi connectivity index (χ1) is 8.61. The molecule has 4 heteroatoms. The van der Waals surface area contributed by atoms with Crippen LogP contribution in [0, 0.1) is 6.92 Å². The van der Waals surface area contributed by atoms with Crippen LogP contribution in [0.25, 0.3) is 0 Å². The van der Waals surface area contributed by atoms with Gasteiger partial charge in [0.2, 0.25) is 0 Å². The minimum atomic E-state index is 0.0328. The fourth-order valence-electron chi connectivity index (χ4n) is 2.07. The molecule has 2 aromatic rings. The van der Waals surface area contributed by atoms with Crippen LogP contribution >= 0.6 is 11.6 Å². The number of hydrogen-bond donors (Lipinski definition) is 1. The Morgan fingerprint density at radius 2 is 1.94 bits per heavy atom. The largest absolute Gasteiger partial charge is 0.326 e. The molecule has 0 saturated heterocycles. The van der Waals surface area contributed by atoms with Gasteiger partial charge in [0, 0.05) is 17.3 Å². The molecule has 0 saturated carbocycles. The second-order valence-electron chi connectivity index (χ2n) is 4.51. The lowest BCUT2D eigenvalue weighted by Crippen LogP contribution is -2.32. The van der Waals surface area contributed by atoms with Crippen LogP contribution in [0.5, 0.6) is 0 Å². The van der Waals surface area contributed by atoms with Gasteiger partial charge in [-0.2, -0.15) is 5.10 Å². The van der Waals surface area contributed by atoms with E-state index in [-0.39, 0.29) is 12.1 Å². The fourth-order valence-corrected chi connectivity index (χ4v) is 2.19. The van der Waals surface area contributed by atoms with Crippen molar-refractivity contribution in [2.24, 2.45) is 5.73 Å². The van der Waals surface area contributed by atoms with Crippen molar-refractivity contribution < 1.29 is 0 Å². The minimum absolute atomic E-state index is 0.0328. The van der Waals surface area contributed by atoms with Gasteiger partial charge in [-0.15, -0.1) is 0 Å². The van der Waals surface area contributed by atoms with E-state index in [0.29, 0.717) is 0 Å². The van der Waals surface area contributed by atoms with Crippen molar-refractivity contribution in [3.8, 4) is 0 Å². The van der Waals surface area contributed by atoms with E-state index in [1.54, 1.807) is 0 Å². The molecular weight excluding hydrogens is 246 g/mol. The summed E-state index contributed by atoms with van der Waals surface area (Å²) >= 11 is 5.93. The van der Waals surface area contributed by atoms with Crippen molar-refractivity contribution in [1.82, 2.24) is 9.78 Å². The molecule has 2 atom stereocenters. The number of aryl methyl sites for hydroxylation is 1. The average molecular weight is 264 g/mol. The first-order valence-corrected chi connectivity index (χ1v) is 6.52. The Balaban J connectivity index is 2.39. The lowest BCUT2D eigenvalue weighted by Gasteiger charge is -2.24. The van der Waals surface area contributed by atoms with E-state index < -0.39 is 0 Å². The first kappa shape index (κ1) is 13.1. The minimum Gasteiger partial charge on any atom is -0.326 e. The Bertz CT molecular complexity index is 504. The van der Waals surface area contributed by atoms with Crippen molar-refractivity contribution in [3.05, 3.63) is 52.8 Å². The molecule has 1 aromatic heterocycles. The maximum Gasteiger partial charge on any atom is 0.0919 e. The van der Waals surface area contributed by atoms with Crippen LogP contribution in [0.2, 0.25) is 5.02 Å². The zero-order valence-electron chi connectivity index (χ0n) is 10.7. The van der Waals surface area contributed by atoms with Crippen LogP contribution in [0.4, 0.5) is 0 Å². The van der Waals surface area contributed by atoms with Gasteiger partial charge < -0.3 is 5.73 Å². The third-order valence-corrected chi connectivity index (χ3v) is 3.37. The highest BCUT2D eigenvalue weighted by molar-refractivity contribution is 6.30. The van der Waals surface area contributed by atoms with Gasteiger partial charge in [-0.1, -0.05) is 30.7 Å². The molecule has 0 spiro atoms. The molecule has 0 radical (unpaired) electrons. The molecule has 0 aliphatic heterocycles. The summed E-state index contributed by atoms with van der Waals surface area (Å²) in [6, 6.07) is 9.89. The molecule has 0 fully saturated rings. The third-order valence-electron chi connectivity index (χ3n) is 3.12. The standard InChI is InChI=1S/C14H18ClN3/c1-3-13(16)14(18-9-8-10(2)17-18)11-4-6-12(15)7-5-11/h4-9,13-14H,3,16H2,1-2H3. The highest BCUT2D eigenvalue weighted by Crippen LogP contribution is 2.24. The summed E-state index contributed by atoms with van der Waals surface area (Å²) in [7, 11) is 0. The summed E-state index contributed by atoms with van der Waals surface area (Å²) in [4.78, 5) is 0. The molecule has 1 heterocycles. The monoisotopic (exact) mass is 263 g/mol. The van der Waals surface area contributed by atoms with E-state index in [0.717, 1.165) is 22.7 Å². The summed E-state index contributed by atoms with van der Waals surface area (Å²) in [5.41, 5.74) is 8.37. The second-order valence-corrected chi connectivity index (χ2v) is 4.94. The maximum absolute atomic E-state index is 6.23. The van der Waals surface area contributed by atoms with Gasteiger partial charge in [0.15, 0.2) is 0 Å². The highest BCUT2D eigenvalue weighted by atomic mass is 35.5. The molecule has 96 valence electrons. The van der Waals surface area contributed by atoms with Gasteiger partial charge in [-0.3, -0.25) is 4.68 Å². The summed E-state index contributed by atoms with van der Waals surface area (Å²) < 4.78 is 1.94. The van der Waals surface area contributed by atoms with Crippen molar-refractivity contribution in [3.63, 3.8) is 0 Å². The normalized spacial score (nSPS) is 14.4. The third kappa shape index (κ3) is 2.74. The Hall–Kier alpha value is -1.32. The summed E-state index contributed by atoms with van der Waals surface area (Å²) in [5.74, 6) is 0. The number of nitrogens with zero attached hydrogens (tertiary/aromatic N) is 2. The predicted octanol–water partition coefficient (Wildman–Crippen LogP) is 3.17. The summed E-state index contributed by atoms with van der Waals surface area (Å²) in [6.07, 6.45) is 2.87. The van der Waals surface area contributed by atoms with E-state index in [1.807, 2.05) is 48.1 Å². The van der Waals surface area contributed by atoms with Gasteiger partial charge in [0.05, 0.1) is 11.7 Å². The fraction of sp³-hybridized carbons (Fsp3) is 0.357. The SMILES string of the molecule is CCC(N)C(c1ccc(Cl)cc1)n1ccc(C)n1. The van der Waals surface area contributed by atoms with Gasteiger partial charge >= 0.3 is 0 Å². The van der Waals surface area contributed by atoms with Crippen LogP contribution in [0.1, 0.15) is 30.6 Å². The number of rotatable bonds is 4. The number of nitrogens with two attached hydrogens (primary N) is 1. The summed E-state index contributed by atoms with van der Waals surface area (Å²) in [5, 5.41) is 5.22. The molecule has 0 amide bonds. The van der Waals surface area contributed by atoms with Crippen LogP contribution in [0.3, 0.4) is 0 Å². The van der Waals surface area contributed by atoms with Crippen molar-refractivity contribution in [1.29, 1.82) is 0 Å². The average Bonchev–Trinajstić information content (AvgIpc) is 2.78. The molecule has 18 heavy (non-hydrogen) atoms. The van der Waals surface area contributed by atoms with E-state index >= 15 is 0 Å². The Morgan fingerprint density at radius 1 is 1.28 bits per heavy atom. The van der Waals surface area contributed by atoms with Gasteiger partial charge in [-0.05, 0) is 37.1 Å². The van der Waals surface area contributed by atoms with Gasteiger partial charge in [-0.25, -0.2) is 0 Å². The van der Waals surface area contributed by atoms with E-state index in [1.165, 1.54) is 0 Å². The Labute approximate surface area is 113 Å². The van der Waals surface area contributed by atoms with Crippen LogP contribution in [0.15, 0.2) is 36.5 Å². The molecular formula is C14H18ClN3. The van der Waals surface area contributed by atoms with E-state index in [9.17, 15) is 0 Å². The number of hydrogen-bond acceptors (Lipinski definition) is 2. The number of aromatic nitrogens is 2. The Morgan fingerprint density at radius 3 is 2.44 bits per heavy atom. The molecule has 0 aliphatic rings. The second kappa shape index (κ2) is 5.55. The molecule has 0 bridgehead atoms. The summed E-state index contributed by atoms with van der Waals surface area (Å²) in [6.45, 7) is 4.07. The first-order valence-electron chi connectivity index (χ1n) is 6.14. The lowest BCUT2D eigenvalue weighted by atomic mass is 9.98. The zero-order chi connectivity index (χ0) is 13.1. The molecule has 1 aromatic carbocycles. The molecule has 0 aliphatic carbocycles. The quantitative estimate of drug-likeness (QED) is 0.921. The molecule has 2 unspecified atom stereocenters. The van der Waals surface area contributed by atoms with Crippen LogP contribution in [-0.4, -0.2) is 15.8 Å². The van der Waals surface area contributed by atoms with Crippen molar-refractivity contribution in [2.45, 2.75) is 32.4 Å². The van der Waals surface area contributed by atoms with Crippen LogP contribution < -0.4 is 5.73 Å². The lowest BCUT2D eigenvalue weighted by molar-refractivity contribution is 0.422. The van der Waals surface area contributed by atoms with Crippen molar-refractivity contribution >= 4 is 11.6 Å². The molecule has 3 nitrogen and oxygen atoms in total. The van der Waals surface area contributed by atoms with Crippen LogP contribution in [-0.2, 0) is 0 Å². The number of halogens is 1. The zero-order valence-corrected chi connectivity index (χ0v) is 11.4. The van der Waals surface area contributed by atoms with Crippen molar-refractivity contribution in [2.75, 3.05) is 0 Å². The van der Waals surface area contributed by atoms with Gasteiger partial charge in [0.1, 0.15) is 0 Å². The smallest absolute Gasteiger partial charge is 0.0919 e. The molecule has 2 rings (SSSR count). The van der Waals surface area contributed by atoms with E-state index in [4.69, 9.17) is 17.3 Å². The van der Waals surface area contributed by atoms with E-state index in [2.05, 4.69) is 12.0 Å². The Kier molecular flexibility index (Phi) is 4.04. The molecule has 2 N–H and O–H groups in total.